The number of benzene rings is 2. The monoisotopic (exact) mass is 768 g/mol. The highest BCUT2D eigenvalue weighted by Gasteiger charge is 2.52. The molecule has 0 amide bonds. The van der Waals surface area contributed by atoms with Crippen LogP contribution in [0.4, 0.5) is 22.0 Å². The Hall–Kier alpha value is -4.50. The van der Waals surface area contributed by atoms with Crippen molar-refractivity contribution in [3.8, 4) is 22.5 Å². The number of methoxy groups -OCH3 is 1. The number of rotatable bonds is 11. The lowest BCUT2D eigenvalue weighted by Crippen LogP contribution is -2.58. The van der Waals surface area contributed by atoms with Gasteiger partial charge in [0.15, 0.2) is 23.6 Å². The fourth-order valence-corrected chi connectivity index (χ4v) is 7.66. The van der Waals surface area contributed by atoms with E-state index >= 15 is 0 Å². The molecule has 2 aromatic carbocycles. The number of alkyl halides is 2. The van der Waals surface area contributed by atoms with Gasteiger partial charge in [0, 0.05) is 37.6 Å². The summed E-state index contributed by atoms with van der Waals surface area (Å²) in [5.74, 6) is -5.93. The van der Waals surface area contributed by atoms with Crippen LogP contribution >= 0.6 is 11.8 Å². The molecule has 14 nitrogen and oxygen atoms in total. The van der Waals surface area contributed by atoms with E-state index in [-0.39, 0.29) is 36.6 Å². The number of aromatic nitrogens is 6. The van der Waals surface area contributed by atoms with Crippen molar-refractivity contribution >= 4 is 23.7 Å². The second kappa shape index (κ2) is 16.3. The van der Waals surface area contributed by atoms with Gasteiger partial charge in [0.1, 0.15) is 47.7 Å². The molecule has 0 spiro atoms. The number of ether oxygens (including phenoxy) is 5. The van der Waals surface area contributed by atoms with Crippen molar-refractivity contribution in [2.75, 3.05) is 26.9 Å². The SMILES string of the molecule is CO[C@@H]1[C@@H](n2cc(-c3cc(F)c(F)c(F)c3)nn2)[C@@H](OC(C)=O)[C@@H](COC(C)=O)O[C@H]1S[C@@H]1COC[C@H](n2cc(-c3cccc(C(F)F)c3)nn2)[C@H]1O. The number of carbonyl (C=O) groups is 2. The Bertz CT molecular complexity index is 1910. The number of halogens is 5. The van der Waals surface area contributed by atoms with Crippen molar-refractivity contribution in [3.05, 3.63) is 71.8 Å². The first kappa shape index (κ1) is 38.2. The molecule has 1 N–H and O–H groups in total. The van der Waals surface area contributed by atoms with Crippen LogP contribution in [0.5, 0.6) is 0 Å². The number of hydrogen-bond acceptors (Lipinski definition) is 13. The van der Waals surface area contributed by atoms with Crippen LogP contribution in [0, 0.1) is 17.5 Å². The fourth-order valence-electron chi connectivity index (χ4n) is 6.16. The summed E-state index contributed by atoms with van der Waals surface area (Å²) in [6, 6.07) is 5.35. The number of aliphatic hydroxyl groups excluding tert-OH is 1. The summed E-state index contributed by atoms with van der Waals surface area (Å²) in [4.78, 5) is 24.2. The number of nitrogens with zero attached hydrogens (tertiary/aromatic N) is 6. The number of carbonyl (C=O) groups excluding carboxylic acids is 2. The van der Waals surface area contributed by atoms with E-state index in [4.69, 9.17) is 23.7 Å². The summed E-state index contributed by atoms with van der Waals surface area (Å²) in [7, 11) is 1.35. The first-order valence-electron chi connectivity index (χ1n) is 16.1. The van der Waals surface area contributed by atoms with Gasteiger partial charge in [0.25, 0.3) is 6.43 Å². The normalized spacial score (nSPS) is 26.1. The highest BCUT2D eigenvalue weighted by molar-refractivity contribution is 8.00. The molecule has 8 atom stereocenters. The third kappa shape index (κ3) is 8.35. The van der Waals surface area contributed by atoms with Crippen LogP contribution < -0.4 is 0 Å². The molecule has 2 aliphatic heterocycles. The predicted octanol–water partition coefficient (Wildman–Crippen LogP) is 4.07. The molecule has 0 aliphatic carbocycles. The summed E-state index contributed by atoms with van der Waals surface area (Å²) in [5, 5.41) is 27.3. The molecule has 2 saturated heterocycles. The van der Waals surface area contributed by atoms with Crippen molar-refractivity contribution in [2.45, 2.75) is 67.5 Å². The van der Waals surface area contributed by atoms with Crippen LogP contribution in [0.2, 0.25) is 0 Å². The molecule has 0 radical (unpaired) electrons. The highest BCUT2D eigenvalue weighted by Crippen LogP contribution is 2.42. The Morgan fingerprint density at radius 1 is 0.962 bits per heavy atom. The maximum Gasteiger partial charge on any atom is 0.303 e. The number of esters is 2. The largest absolute Gasteiger partial charge is 0.463 e. The van der Waals surface area contributed by atoms with E-state index in [2.05, 4.69) is 20.6 Å². The number of aliphatic hydroxyl groups is 1. The molecule has 0 bridgehead atoms. The number of hydrogen-bond donors (Lipinski definition) is 1. The molecule has 0 saturated carbocycles. The molecule has 4 heterocycles. The van der Waals surface area contributed by atoms with E-state index in [9.17, 15) is 36.6 Å². The van der Waals surface area contributed by atoms with Gasteiger partial charge in [0.2, 0.25) is 0 Å². The molecule has 2 aliphatic rings. The minimum Gasteiger partial charge on any atom is -0.463 e. The van der Waals surface area contributed by atoms with Crippen molar-refractivity contribution in [3.63, 3.8) is 0 Å². The molecule has 2 fully saturated rings. The molecule has 6 rings (SSSR count). The van der Waals surface area contributed by atoms with Crippen LogP contribution in [0.25, 0.3) is 22.5 Å². The smallest absolute Gasteiger partial charge is 0.303 e. The second-order valence-corrected chi connectivity index (χ2v) is 13.6. The van der Waals surface area contributed by atoms with Crippen molar-refractivity contribution < 1.29 is 60.3 Å². The van der Waals surface area contributed by atoms with Gasteiger partial charge in [-0.05, 0) is 18.2 Å². The quantitative estimate of drug-likeness (QED) is 0.132. The first-order valence-corrected chi connectivity index (χ1v) is 17.1. The van der Waals surface area contributed by atoms with E-state index < -0.39 is 83.0 Å². The number of thioether (sulfide) groups is 1. The maximum absolute atomic E-state index is 14.1. The van der Waals surface area contributed by atoms with Gasteiger partial charge in [-0.3, -0.25) is 9.59 Å². The second-order valence-electron chi connectivity index (χ2n) is 12.2. The van der Waals surface area contributed by atoms with Gasteiger partial charge in [0.05, 0.1) is 37.0 Å². The molecular weight excluding hydrogens is 735 g/mol. The first-order chi connectivity index (χ1) is 25.3. The third-order valence-corrected chi connectivity index (χ3v) is 10.1. The predicted molar refractivity (Wildman–Crippen MR) is 174 cm³/mol. The Morgan fingerprint density at radius 2 is 1.64 bits per heavy atom. The topological polar surface area (TPSA) is 162 Å². The van der Waals surface area contributed by atoms with E-state index in [1.54, 1.807) is 6.07 Å². The molecule has 4 aromatic rings. The molecule has 2 aromatic heterocycles. The van der Waals surface area contributed by atoms with Gasteiger partial charge >= 0.3 is 11.9 Å². The van der Waals surface area contributed by atoms with Gasteiger partial charge in [-0.1, -0.05) is 28.6 Å². The van der Waals surface area contributed by atoms with Crippen molar-refractivity contribution in [1.29, 1.82) is 0 Å². The lowest BCUT2D eigenvalue weighted by Gasteiger charge is -2.46. The Labute approximate surface area is 302 Å². The molecule has 53 heavy (non-hydrogen) atoms. The zero-order valence-corrected chi connectivity index (χ0v) is 29.0. The van der Waals surface area contributed by atoms with Crippen LogP contribution in [0.1, 0.15) is 37.9 Å². The third-order valence-electron chi connectivity index (χ3n) is 8.68. The summed E-state index contributed by atoms with van der Waals surface area (Å²) < 4.78 is 100. The molecular formula is C33H33F5N6O8S. The molecule has 0 unspecified atom stereocenters. The Balaban J connectivity index is 1.29. The average Bonchev–Trinajstić information content (AvgIpc) is 3.82. The highest BCUT2D eigenvalue weighted by atomic mass is 32.2. The van der Waals surface area contributed by atoms with Crippen molar-refractivity contribution in [2.24, 2.45) is 0 Å². The zero-order chi connectivity index (χ0) is 38.0. The van der Waals surface area contributed by atoms with E-state index in [0.717, 1.165) is 30.8 Å². The van der Waals surface area contributed by atoms with Crippen LogP contribution in [-0.2, 0) is 33.3 Å². The zero-order valence-electron chi connectivity index (χ0n) is 28.2. The summed E-state index contributed by atoms with van der Waals surface area (Å²) in [6.07, 6.45) is -4.37. The van der Waals surface area contributed by atoms with Crippen LogP contribution in [-0.4, -0.2) is 109 Å². The van der Waals surface area contributed by atoms with E-state index in [0.29, 0.717) is 11.3 Å². The Kier molecular flexibility index (Phi) is 11.7. The summed E-state index contributed by atoms with van der Waals surface area (Å²) in [6.45, 7) is 2.03. The van der Waals surface area contributed by atoms with Crippen LogP contribution in [0.15, 0.2) is 48.8 Å². The lowest BCUT2D eigenvalue weighted by atomic mass is 9.96. The summed E-state index contributed by atoms with van der Waals surface area (Å²) in [5.41, 5.74) is -0.656. The molecule has 20 heteroatoms. The van der Waals surface area contributed by atoms with E-state index in [1.165, 1.54) is 54.0 Å². The maximum atomic E-state index is 14.1. The molecule has 284 valence electrons. The van der Waals surface area contributed by atoms with Crippen LogP contribution in [0.3, 0.4) is 0 Å². The van der Waals surface area contributed by atoms with Gasteiger partial charge in [-0.2, -0.15) is 0 Å². The van der Waals surface area contributed by atoms with Gasteiger partial charge < -0.3 is 28.8 Å². The summed E-state index contributed by atoms with van der Waals surface area (Å²) >= 11 is 1.10. The minimum atomic E-state index is -2.68. The Morgan fingerprint density at radius 3 is 2.30 bits per heavy atom. The minimum absolute atomic E-state index is 0.0376. The lowest BCUT2D eigenvalue weighted by molar-refractivity contribution is -0.208. The van der Waals surface area contributed by atoms with Crippen molar-refractivity contribution in [1.82, 2.24) is 30.0 Å². The van der Waals surface area contributed by atoms with Gasteiger partial charge in [-0.25, -0.2) is 31.3 Å². The van der Waals surface area contributed by atoms with Gasteiger partial charge in [-0.15, -0.1) is 22.0 Å². The average molecular weight is 769 g/mol. The fraction of sp³-hybridized carbons (Fsp3) is 0.455. The standard InChI is InChI=1S/C33H33F5N6O8S/c1-15(45)50-13-25-30(51-16(2)46)28(44-11-23(40-42-44)19-8-20(34)27(36)21(35)9-19)31(48-3)33(52-25)53-26-14-49-12-24(29(26)47)43-10-22(39-41-43)17-5-4-6-18(7-17)32(37)38/h4-11,24-26,28-33,47H,12-14H2,1-3H3/t24-,25+,26+,28-,29+,30-,31+,33-/m0/s1. The van der Waals surface area contributed by atoms with E-state index in [1.807, 2.05) is 0 Å².